The molecule has 0 saturated carbocycles. The maximum absolute atomic E-state index is 12.7. The van der Waals surface area contributed by atoms with E-state index >= 15 is 0 Å². The maximum Gasteiger partial charge on any atom is 0.362 e. The Bertz CT molecular complexity index is 989. The van der Waals surface area contributed by atoms with Crippen LogP contribution in [-0.2, 0) is 28.6 Å². The summed E-state index contributed by atoms with van der Waals surface area (Å²) < 4.78 is 17.3. The molecule has 0 aromatic heterocycles. The number of allylic oxidation sites excluding steroid dienone is 4. The number of nitrogens with zero attached hydrogens (tertiary/aromatic N) is 1. The number of esters is 2. The summed E-state index contributed by atoms with van der Waals surface area (Å²) in [5.41, 5.74) is 0. The van der Waals surface area contributed by atoms with E-state index in [-0.39, 0.29) is 36.2 Å². The molecule has 57 heavy (non-hydrogen) atoms. The first-order chi connectivity index (χ1) is 27.6. The van der Waals surface area contributed by atoms with E-state index in [9.17, 15) is 19.5 Å². The second-order valence-electron chi connectivity index (χ2n) is 17.4. The summed E-state index contributed by atoms with van der Waals surface area (Å²) in [7, 11) is 5.53. The first-order valence-electron chi connectivity index (χ1n) is 23.9. The number of carboxylic acid groups (broad SMARTS) is 1. The molecule has 0 aliphatic rings. The topological polar surface area (TPSA) is 99.1 Å². The zero-order chi connectivity index (χ0) is 42.1. The number of aliphatic carboxylic acids is 1. The van der Waals surface area contributed by atoms with Crippen LogP contribution in [0.2, 0.25) is 0 Å². The minimum absolute atomic E-state index is 0.0501. The Morgan fingerprint density at radius 1 is 0.526 bits per heavy atom. The summed E-state index contributed by atoms with van der Waals surface area (Å²) in [5.74, 6) is -1.47. The van der Waals surface area contributed by atoms with Gasteiger partial charge in [0.05, 0.1) is 34.4 Å². The monoisotopic (exact) mass is 807 g/mol. The van der Waals surface area contributed by atoms with Gasteiger partial charge < -0.3 is 23.8 Å². The van der Waals surface area contributed by atoms with E-state index in [2.05, 4.69) is 38.2 Å². The van der Waals surface area contributed by atoms with Crippen molar-refractivity contribution in [3.8, 4) is 0 Å². The normalized spacial score (nSPS) is 13.1. The SMILES string of the molecule is CCCCCCCCCC/C=C/C/C=C/CCCCCCCCCC(=O)OC(COCCC(C(=O)O)[N+](C)(C)C)COC(=O)CCCCCCCCCCCCC. The lowest BCUT2D eigenvalue weighted by Gasteiger charge is -2.31. The van der Waals surface area contributed by atoms with Gasteiger partial charge in [0.15, 0.2) is 12.1 Å². The zero-order valence-electron chi connectivity index (χ0n) is 38.1. The van der Waals surface area contributed by atoms with Crippen LogP contribution in [0.1, 0.15) is 219 Å². The van der Waals surface area contributed by atoms with Crippen LogP contribution in [0.3, 0.4) is 0 Å². The molecule has 0 rings (SSSR count). The molecule has 0 aliphatic carbocycles. The smallest absolute Gasteiger partial charge is 0.362 e. The number of quaternary nitrogens is 1. The Morgan fingerprint density at radius 3 is 1.35 bits per heavy atom. The van der Waals surface area contributed by atoms with E-state index in [4.69, 9.17) is 14.2 Å². The van der Waals surface area contributed by atoms with Crippen LogP contribution in [0.5, 0.6) is 0 Å². The van der Waals surface area contributed by atoms with Gasteiger partial charge in [-0.05, 0) is 44.9 Å². The minimum Gasteiger partial charge on any atom is -0.477 e. The third kappa shape index (κ3) is 39.1. The average molecular weight is 807 g/mol. The molecule has 0 spiro atoms. The lowest BCUT2D eigenvalue weighted by atomic mass is 10.1. The van der Waals surface area contributed by atoms with Crippen molar-refractivity contribution in [2.45, 2.75) is 231 Å². The maximum atomic E-state index is 12.7. The van der Waals surface area contributed by atoms with E-state index in [1.54, 1.807) is 0 Å². The molecule has 0 amide bonds. The van der Waals surface area contributed by atoms with Crippen molar-refractivity contribution < 1.29 is 38.2 Å². The molecule has 0 fully saturated rings. The molecule has 2 unspecified atom stereocenters. The van der Waals surface area contributed by atoms with E-state index in [1.807, 2.05) is 21.1 Å². The van der Waals surface area contributed by atoms with Gasteiger partial charge in [0, 0.05) is 19.3 Å². The van der Waals surface area contributed by atoms with Crippen molar-refractivity contribution in [1.82, 2.24) is 0 Å². The standard InChI is InChI=1S/C49H91NO7/c1-6-8-10-12-14-16-18-19-20-21-22-23-24-25-26-27-28-30-32-34-36-38-40-48(52)57-45(43-55-42-41-46(49(53)54)50(3,4)5)44-56-47(51)39-37-35-33-31-29-17-15-13-11-9-7-2/h21-22,24-25,45-46H,6-20,23,26-44H2,1-5H3/p+1/b22-21+,25-24+. The highest BCUT2D eigenvalue weighted by Gasteiger charge is 2.31. The minimum atomic E-state index is -0.874. The third-order valence-electron chi connectivity index (χ3n) is 10.9. The fourth-order valence-electron chi connectivity index (χ4n) is 7.12. The molecule has 0 radical (unpaired) electrons. The third-order valence-corrected chi connectivity index (χ3v) is 10.9. The highest BCUT2D eigenvalue weighted by Crippen LogP contribution is 2.15. The number of hydrogen-bond donors (Lipinski definition) is 1. The highest BCUT2D eigenvalue weighted by molar-refractivity contribution is 5.72. The predicted molar refractivity (Wildman–Crippen MR) is 238 cm³/mol. The second kappa shape index (κ2) is 40.6. The molecule has 0 saturated heterocycles. The molecule has 0 aliphatic heterocycles. The van der Waals surface area contributed by atoms with Crippen LogP contribution in [0.4, 0.5) is 0 Å². The molecular formula is C49H92NO7+. The highest BCUT2D eigenvalue weighted by atomic mass is 16.6. The number of rotatable bonds is 43. The van der Waals surface area contributed by atoms with Gasteiger partial charge in [0.2, 0.25) is 0 Å². The van der Waals surface area contributed by atoms with Crippen LogP contribution in [0.15, 0.2) is 24.3 Å². The molecule has 334 valence electrons. The number of carbonyl (C=O) groups excluding carboxylic acids is 2. The predicted octanol–water partition coefficient (Wildman–Crippen LogP) is 13.3. The molecule has 0 aromatic rings. The van der Waals surface area contributed by atoms with E-state index < -0.39 is 18.1 Å². The summed E-state index contributed by atoms with van der Waals surface area (Å²) >= 11 is 0. The van der Waals surface area contributed by atoms with E-state index in [1.165, 1.54) is 135 Å². The van der Waals surface area contributed by atoms with Crippen LogP contribution in [-0.4, -0.2) is 80.6 Å². The van der Waals surface area contributed by atoms with Crippen molar-refractivity contribution in [3.63, 3.8) is 0 Å². The zero-order valence-corrected chi connectivity index (χ0v) is 38.1. The van der Waals surface area contributed by atoms with Crippen molar-refractivity contribution in [2.24, 2.45) is 0 Å². The fourth-order valence-corrected chi connectivity index (χ4v) is 7.12. The molecule has 8 heteroatoms. The van der Waals surface area contributed by atoms with Gasteiger partial charge in [0.1, 0.15) is 6.61 Å². The van der Waals surface area contributed by atoms with Crippen molar-refractivity contribution >= 4 is 17.9 Å². The first-order valence-corrected chi connectivity index (χ1v) is 23.9. The van der Waals surface area contributed by atoms with Gasteiger partial charge in [0.25, 0.3) is 0 Å². The number of ether oxygens (including phenoxy) is 3. The molecule has 1 N–H and O–H groups in total. The number of unbranched alkanes of at least 4 members (excludes halogenated alkanes) is 25. The summed E-state index contributed by atoms with van der Waals surface area (Å²) in [4.78, 5) is 37.0. The second-order valence-corrected chi connectivity index (χ2v) is 17.4. The van der Waals surface area contributed by atoms with Gasteiger partial charge in [-0.15, -0.1) is 0 Å². The summed E-state index contributed by atoms with van der Waals surface area (Å²) in [6.07, 6.45) is 45.1. The molecule has 2 atom stereocenters. The van der Waals surface area contributed by atoms with Gasteiger partial charge in [-0.2, -0.15) is 0 Å². The quantitative estimate of drug-likeness (QED) is 0.0283. The van der Waals surface area contributed by atoms with Crippen molar-refractivity contribution in [3.05, 3.63) is 24.3 Å². The molecular weight excluding hydrogens is 715 g/mol. The van der Waals surface area contributed by atoms with Gasteiger partial charge in [-0.25, -0.2) is 4.79 Å². The van der Waals surface area contributed by atoms with E-state index in [0.29, 0.717) is 19.3 Å². The Balaban J connectivity index is 4.24. The van der Waals surface area contributed by atoms with Crippen molar-refractivity contribution in [2.75, 3.05) is 41.0 Å². The Hall–Kier alpha value is -2.19. The average Bonchev–Trinajstić information content (AvgIpc) is 3.17. The van der Waals surface area contributed by atoms with Gasteiger partial charge >= 0.3 is 17.9 Å². The molecule has 0 heterocycles. The largest absolute Gasteiger partial charge is 0.477 e. The van der Waals surface area contributed by atoms with E-state index in [0.717, 1.165) is 51.4 Å². The van der Waals surface area contributed by atoms with Gasteiger partial charge in [-0.1, -0.05) is 179 Å². The number of carbonyl (C=O) groups is 3. The van der Waals surface area contributed by atoms with Gasteiger partial charge in [-0.3, -0.25) is 9.59 Å². The van der Waals surface area contributed by atoms with Crippen LogP contribution >= 0.6 is 0 Å². The van der Waals surface area contributed by atoms with Crippen LogP contribution in [0, 0.1) is 0 Å². The Morgan fingerprint density at radius 2 is 0.930 bits per heavy atom. The molecule has 0 bridgehead atoms. The fraction of sp³-hybridized carbons (Fsp3) is 0.857. The van der Waals surface area contributed by atoms with Crippen LogP contribution in [0.25, 0.3) is 0 Å². The number of carboxylic acids is 1. The van der Waals surface area contributed by atoms with Crippen LogP contribution < -0.4 is 0 Å². The summed E-state index contributed by atoms with van der Waals surface area (Å²) in [6, 6.07) is -0.613. The Labute approximate surface area is 351 Å². The number of hydrogen-bond acceptors (Lipinski definition) is 6. The summed E-state index contributed by atoms with van der Waals surface area (Å²) in [6.45, 7) is 4.74. The lowest BCUT2D eigenvalue weighted by Crippen LogP contribution is -2.50. The molecule has 8 nitrogen and oxygen atoms in total. The first kappa shape index (κ1) is 54.8. The number of likely N-dealkylation sites (N-methyl/N-ethyl adjacent to an activating group) is 1. The van der Waals surface area contributed by atoms with Crippen molar-refractivity contribution in [1.29, 1.82) is 0 Å². The lowest BCUT2D eigenvalue weighted by molar-refractivity contribution is -0.887. The molecule has 0 aromatic carbocycles. The Kier molecular flexibility index (Phi) is 39.0. The summed E-state index contributed by atoms with van der Waals surface area (Å²) in [5, 5.41) is 9.62.